The Morgan fingerprint density at radius 2 is 0.667 bits per heavy atom. The summed E-state index contributed by atoms with van der Waals surface area (Å²) in [7, 11) is 5.96. The fourth-order valence-corrected chi connectivity index (χ4v) is 8.77. The van der Waals surface area contributed by atoms with E-state index in [4.69, 9.17) is 18.9 Å². The van der Waals surface area contributed by atoms with Crippen LogP contribution in [0.15, 0.2) is 122 Å². The molecule has 0 spiro atoms. The normalized spacial score (nSPS) is 13.5. The number of nitrogens with zero attached hydrogens (tertiary/aromatic N) is 1. The van der Waals surface area contributed by atoms with Crippen LogP contribution in [-0.2, 0) is 33.3 Å². The molecule has 0 aromatic rings. The minimum atomic E-state index is -1.52. The number of unbranched alkanes of at least 4 members (excludes halogenated alkanes) is 24. The van der Waals surface area contributed by atoms with Crippen LogP contribution in [0.3, 0.4) is 0 Å². The third-order valence-electron chi connectivity index (χ3n) is 13.7. The Balaban J connectivity index is 4.10. The first kappa shape index (κ1) is 76.7. The topological polar surface area (TPSA) is 108 Å². The number of esters is 2. The summed E-state index contributed by atoms with van der Waals surface area (Å²) >= 11 is 0. The summed E-state index contributed by atoms with van der Waals surface area (Å²) < 4.78 is 22.9. The summed E-state index contributed by atoms with van der Waals surface area (Å²) in [6.45, 7) is 4.62. The van der Waals surface area contributed by atoms with E-state index in [1.54, 1.807) is 0 Å². The third kappa shape index (κ3) is 63.1. The van der Waals surface area contributed by atoms with Gasteiger partial charge in [0.05, 0.1) is 34.4 Å². The number of carbonyl (C=O) groups excluding carboxylic acids is 2. The van der Waals surface area contributed by atoms with E-state index in [0.717, 1.165) is 96.3 Å². The van der Waals surface area contributed by atoms with E-state index in [2.05, 4.69) is 135 Å². The van der Waals surface area contributed by atoms with Gasteiger partial charge in [0.25, 0.3) is 6.29 Å². The fourth-order valence-electron chi connectivity index (χ4n) is 8.77. The van der Waals surface area contributed by atoms with Gasteiger partial charge in [-0.2, -0.15) is 0 Å². The molecule has 0 fully saturated rings. The van der Waals surface area contributed by atoms with Gasteiger partial charge in [-0.25, -0.2) is 4.79 Å². The van der Waals surface area contributed by atoms with Gasteiger partial charge in [0.1, 0.15) is 13.2 Å². The van der Waals surface area contributed by atoms with E-state index in [1.165, 1.54) is 122 Å². The number of carbonyl (C=O) groups is 3. The van der Waals surface area contributed by atoms with Crippen molar-refractivity contribution in [3.05, 3.63) is 122 Å². The lowest BCUT2D eigenvalue weighted by molar-refractivity contribution is -0.870. The second kappa shape index (κ2) is 61.8. The second-order valence-corrected chi connectivity index (χ2v) is 22.7. The van der Waals surface area contributed by atoms with Crippen LogP contribution in [0.25, 0.3) is 0 Å². The van der Waals surface area contributed by atoms with Crippen LogP contribution >= 0.6 is 0 Å². The maximum atomic E-state index is 12.9. The highest BCUT2D eigenvalue weighted by Crippen LogP contribution is 2.17. The molecule has 0 aliphatic rings. The van der Waals surface area contributed by atoms with Crippen molar-refractivity contribution in [1.82, 2.24) is 0 Å². The predicted octanol–water partition coefficient (Wildman–Crippen LogP) is 20.0. The Labute approximate surface area is 497 Å². The lowest BCUT2D eigenvalue weighted by Crippen LogP contribution is -2.40. The number of likely N-dealkylation sites (N-methyl/N-ethyl adjacent to an activating group) is 1. The highest BCUT2D eigenvalue weighted by Gasteiger charge is 2.25. The molecule has 0 bridgehead atoms. The molecule has 9 nitrogen and oxygen atoms in total. The fraction of sp³-hybridized carbons (Fsp3) is 0.681. The van der Waals surface area contributed by atoms with Crippen LogP contribution < -0.4 is 0 Å². The van der Waals surface area contributed by atoms with Crippen molar-refractivity contribution in [3.8, 4) is 0 Å². The van der Waals surface area contributed by atoms with Crippen molar-refractivity contribution in [1.29, 1.82) is 0 Å². The summed E-state index contributed by atoms with van der Waals surface area (Å²) in [4.78, 5) is 37.5. The van der Waals surface area contributed by atoms with E-state index in [1.807, 2.05) is 21.1 Å². The number of ether oxygens (including phenoxy) is 4. The third-order valence-corrected chi connectivity index (χ3v) is 13.7. The number of hydrogen-bond donors (Lipinski definition) is 1. The zero-order valence-corrected chi connectivity index (χ0v) is 52.7. The Morgan fingerprint density at radius 3 is 1.00 bits per heavy atom. The first-order chi connectivity index (χ1) is 39.6. The van der Waals surface area contributed by atoms with Gasteiger partial charge in [-0.15, -0.1) is 0 Å². The van der Waals surface area contributed by atoms with Crippen molar-refractivity contribution >= 4 is 17.9 Å². The molecule has 0 aliphatic carbocycles. The van der Waals surface area contributed by atoms with E-state index >= 15 is 0 Å². The molecule has 0 rings (SSSR count). The van der Waals surface area contributed by atoms with Crippen LogP contribution in [0.2, 0.25) is 0 Å². The molecule has 0 saturated carbocycles. The molecule has 1 N–H and O–H groups in total. The first-order valence-corrected chi connectivity index (χ1v) is 32.7. The molecule has 0 heterocycles. The average Bonchev–Trinajstić information content (AvgIpc) is 3.44. The molecule has 0 aromatic carbocycles. The Hall–Kier alpha value is -4.31. The van der Waals surface area contributed by atoms with Crippen LogP contribution in [0.5, 0.6) is 0 Å². The summed E-state index contributed by atoms with van der Waals surface area (Å²) in [6, 6.07) is 0. The van der Waals surface area contributed by atoms with E-state index in [0.29, 0.717) is 23.9 Å². The van der Waals surface area contributed by atoms with Gasteiger partial charge in [0.2, 0.25) is 0 Å². The van der Waals surface area contributed by atoms with Crippen LogP contribution in [-0.4, -0.2) is 87.4 Å². The minimum Gasteiger partial charge on any atom is -0.477 e. The number of rotatable bonds is 59. The van der Waals surface area contributed by atoms with Gasteiger partial charge >= 0.3 is 17.9 Å². The smallest absolute Gasteiger partial charge is 0.361 e. The first-order valence-electron chi connectivity index (χ1n) is 32.7. The number of aliphatic carboxylic acids is 1. The number of hydrogen-bond acceptors (Lipinski definition) is 7. The molecule has 0 aliphatic heterocycles. The lowest BCUT2D eigenvalue weighted by atomic mass is 10.0. The zero-order chi connectivity index (χ0) is 59.1. The number of carboxylic acid groups (broad SMARTS) is 1. The van der Waals surface area contributed by atoms with E-state index in [-0.39, 0.29) is 38.6 Å². The number of allylic oxidation sites excluding steroid dienone is 20. The van der Waals surface area contributed by atoms with Crippen molar-refractivity contribution in [2.75, 3.05) is 47.5 Å². The Morgan fingerprint density at radius 1 is 0.370 bits per heavy atom. The monoisotopic (exact) mass is 1130 g/mol. The summed E-state index contributed by atoms with van der Waals surface area (Å²) in [5.74, 6) is -2.05. The van der Waals surface area contributed by atoms with Crippen molar-refractivity contribution in [3.63, 3.8) is 0 Å². The largest absolute Gasteiger partial charge is 0.477 e. The van der Waals surface area contributed by atoms with Crippen LogP contribution in [0.4, 0.5) is 0 Å². The zero-order valence-electron chi connectivity index (χ0n) is 52.7. The average molecular weight is 1130 g/mol. The molecular weight excluding hydrogens is 1010 g/mol. The quantitative estimate of drug-likeness (QED) is 0.0211. The van der Waals surface area contributed by atoms with Crippen molar-refractivity contribution in [2.24, 2.45) is 0 Å². The Bertz CT molecular complexity index is 1740. The number of quaternary nitrogens is 1. The maximum absolute atomic E-state index is 12.9. The van der Waals surface area contributed by atoms with Gasteiger partial charge < -0.3 is 28.5 Å². The predicted molar refractivity (Wildman–Crippen MR) is 345 cm³/mol. The second-order valence-electron chi connectivity index (χ2n) is 22.7. The molecule has 0 radical (unpaired) electrons. The van der Waals surface area contributed by atoms with Gasteiger partial charge in [0, 0.05) is 12.8 Å². The Kier molecular flexibility index (Phi) is 58.5. The van der Waals surface area contributed by atoms with Gasteiger partial charge in [-0.1, -0.05) is 264 Å². The van der Waals surface area contributed by atoms with Gasteiger partial charge in [-0.3, -0.25) is 9.59 Å². The van der Waals surface area contributed by atoms with Crippen molar-refractivity contribution in [2.45, 2.75) is 270 Å². The summed E-state index contributed by atoms with van der Waals surface area (Å²) in [5.41, 5.74) is 0. The molecule has 9 heteroatoms. The summed E-state index contributed by atoms with van der Waals surface area (Å²) in [5, 5.41) is 9.72. The molecule has 0 amide bonds. The SMILES string of the molecule is CC/C=C\C/C=C\C/C=C\C/C=C\C/C=C\CCCCCCCCCCCCCCCCCCCCCCCC(=O)OC(COC(=O)CCCCC/C=C\C/C=C\C/C=C\C/C=C\C/C=C\CC)COC(OCC[N+](C)(C)C)C(=O)O. The van der Waals surface area contributed by atoms with Crippen LogP contribution in [0.1, 0.15) is 258 Å². The highest BCUT2D eigenvalue weighted by molar-refractivity contribution is 5.71. The summed E-state index contributed by atoms with van der Waals surface area (Å²) in [6.07, 6.45) is 84.5. The minimum absolute atomic E-state index is 0.178. The van der Waals surface area contributed by atoms with Crippen LogP contribution in [0, 0.1) is 0 Å². The maximum Gasteiger partial charge on any atom is 0.361 e. The standard InChI is InChI=1S/C72H121NO8/c1-6-8-10-12-14-16-18-20-22-24-26-27-28-29-30-31-32-33-34-35-36-37-38-39-40-41-42-43-45-47-49-51-53-55-57-59-61-63-70(75)81-68(67-80-72(71(76)77)78-65-64-73(3,4)5)66-79-69(74)62-60-58-56-54-52-50-48-46-44-25-23-21-19-17-15-13-11-9-7-2/h8-11,14-17,20-23,26-27,29-30,44,46,50,52,68,72H,6-7,12-13,18-19,24-25,28,31-43,45,47-49,51,53-67H2,1-5H3/p+1/b10-8-,11-9-,16-14-,17-15-,22-20-,23-21-,27-26-,30-29-,46-44-,52-50-. The lowest BCUT2D eigenvalue weighted by Gasteiger charge is -2.25. The van der Waals surface area contributed by atoms with Gasteiger partial charge in [0.15, 0.2) is 6.10 Å². The van der Waals surface area contributed by atoms with E-state index < -0.39 is 24.3 Å². The highest BCUT2D eigenvalue weighted by atomic mass is 16.7. The number of carboxylic acids is 1. The van der Waals surface area contributed by atoms with E-state index in [9.17, 15) is 19.5 Å². The molecule has 2 unspecified atom stereocenters. The molecule has 2 atom stereocenters. The molecular formula is C72H122NO8+. The van der Waals surface area contributed by atoms with Gasteiger partial charge in [-0.05, 0) is 103 Å². The van der Waals surface area contributed by atoms with Crippen molar-refractivity contribution < 1.29 is 42.9 Å². The molecule has 0 aromatic heterocycles. The molecule has 462 valence electrons. The molecule has 0 saturated heterocycles. The molecule has 81 heavy (non-hydrogen) atoms.